The SMILES string of the molecule is CN1CCN(CCCNc2ncc3cc(C(=O)Nc4cc(C(=O)NC(CN)c5ccccc5)ccc4Cl)c(=O)[nH]c3n2)CC1. The number of halogens is 1. The van der Waals surface area contributed by atoms with Crippen LogP contribution in [0.5, 0.6) is 0 Å². The number of amides is 2. The van der Waals surface area contributed by atoms with Crippen molar-refractivity contribution in [1.82, 2.24) is 30.1 Å². The zero-order chi connectivity index (χ0) is 31.1. The van der Waals surface area contributed by atoms with E-state index in [1.165, 1.54) is 18.2 Å². The molecule has 1 aliphatic rings. The van der Waals surface area contributed by atoms with Crippen LogP contribution in [0.25, 0.3) is 11.0 Å². The summed E-state index contributed by atoms with van der Waals surface area (Å²) >= 11 is 6.33. The number of hydrogen-bond donors (Lipinski definition) is 5. The summed E-state index contributed by atoms with van der Waals surface area (Å²) in [7, 11) is 2.14. The predicted octanol–water partition coefficient (Wildman–Crippen LogP) is 2.70. The van der Waals surface area contributed by atoms with Crippen LogP contribution >= 0.6 is 11.6 Å². The number of H-pyrrole nitrogens is 1. The van der Waals surface area contributed by atoms with Gasteiger partial charge in [-0.15, -0.1) is 0 Å². The second-order valence-electron chi connectivity index (χ2n) is 10.8. The van der Waals surface area contributed by atoms with Gasteiger partial charge in [0, 0.05) is 56.4 Å². The number of nitrogens with zero attached hydrogens (tertiary/aromatic N) is 4. The molecule has 1 atom stereocenters. The van der Waals surface area contributed by atoms with Gasteiger partial charge in [-0.3, -0.25) is 14.4 Å². The minimum absolute atomic E-state index is 0.146. The molecule has 13 heteroatoms. The third-order valence-corrected chi connectivity index (χ3v) is 7.92. The molecule has 1 unspecified atom stereocenters. The Morgan fingerprint density at radius 3 is 2.59 bits per heavy atom. The number of nitrogens with one attached hydrogen (secondary N) is 4. The van der Waals surface area contributed by atoms with Gasteiger partial charge in [0.1, 0.15) is 11.2 Å². The van der Waals surface area contributed by atoms with E-state index < -0.39 is 17.5 Å². The van der Waals surface area contributed by atoms with E-state index in [0.29, 0.717) is 23.5 Å². The molecule has 0 radical (unpaired) electrons. The standard InChI is InChI=1S/C31H36ClN9O3/c1-40-12-14-41(15-13-40)11-5-10-34-31-35-19-22-16-23(30(44)38-27(22)39-31)29(43)36-25-17-21(8-9-24(25)32)28(42)37-26(18-33)20-6-3-2-4-7-20/h2-4,6-9,16-17,19,26H,5,10-15,18,33H2,1H3,(H,36,43)(H,37,42)(H2,34,35,38,39,44). The quantitative estimate of drug-likeness (QED) is 0.159. The van der Waals surface area contributed by atoms with Crippen LogP contribution < -0.4 is 27.2 Å². The van der Waals surface area contributed by atoms with Gasteiger partial charge in [0.25, 0.3) is 17.4 Å². The normalized spacial score (nSPS) is 14.7. The topological polar surface area (TPSA) is 161 Å². The second kappa shape index (κ2) is 14.4. The second-order valence-corrected chi connectivity index (χ2v) is 11.2. The molecule has 1 saturated heterocycles. The maximum Gasteiger partial charge on any atom is 0.262 e. The number of aromatic amines is 1. The Kier molecular flexibility index (Phi) is 10.2. The van der Waals surface area contributed by atoms with Crippen molar-refractivity contribution in [3.63, 3.8) is 0 Å². The van der Waals surface area contributed by atoms with Crippen LogP contribution in [0.4, 0.5) is 11.6 Å². The van der Waals surface area contributed by atoms with E-state index in [9.17, 15) is 14.4 Å². The first-order chi connectivity index (χ1) is 21.3. The smallest absolute Gasteiger partial charge is 0.262 e. The average Bonchev–Trinajstić information content (AvgIpc) is 3.03. The Hall–Kier alpha value is -4.36. The van der Waals surface area contributed by atoms with Gasteiger partial charge in [-0.2, -0.15) is 4.98 Å². The van der Waals surface area contributed by atoms with Gasteiger partial charge < -0.3 is 36.5 Å². The average molecular weight is 618 g/mol. The molecule has 0 aliphatic carbocycles. The molecule has 1 fully saturated rings. The predicted molar refractivity (Wildman–Crippen MR) is 172 cm³/mol. The highest BCUT2D eigenvalue weighted by Crippen LogP contribution is 2.24. The summed E-state index contributed by atoms with van der Waals surface area (Å²) in [6.45, 7) is 6.18. The highest BCUT2D eigenvalue weighted by atomic mass is 35.5. The van der Waals surface area contributed by atoms with Crippen LogP contribution in [0.2, 0.25) is 5.02 Å². The Labute approximate surface area is 260 Å². The summed E-state index contributed by atoms with van der Waals surface area (Å²) in [4.78, 5) is 55.2. The number of anilines is 2. The lowest BCUT2D eigenvalue weighted by atomic mass is 10.1. The number of fused-ring (bicyclic) bond motifs is 1. The number of benzene rings is 2. The maximum atomic E-state index is 13.1. The van der Waals surface area contributed by atoms with Gasteiger partial charge in [0.15, 0.2) is 0 Å². The fraction of sp³-hybridized carbons (Fsp3) is 0.323. The zero-order valence-electron chi connectivity index (χ0n) is 24.5. The fourth-order valence-corrected chi connectivity index (χ4v) is 5.14. The zero-order valence-corrected chi connectivity index (χ0v) is 25.2. The lowest BCUT2D eigenvalue weighted by Crippen LogP contribution is -2.44. The Morgan fingerprint density at radius 2 is 1.84 bits per heavy atom. The summed E-state index contributed by atoms with van der Waals surface area (Å²) in [5.41, 5.74) is 6.76. The van der Waals surface area contributed by atoms with E-state index >= 15 is 0 Å². The molecule has 3 heterocycles. The van der Waals surface area contributed by atoms with Crippen molar-refractivity contribution in [2.45, 2.75) is 12.5 Å². The van der Waals surface area contributed by atoms with Crippen LogP contribution in [0.1, 0.15) is 38.7 Å². The number of piperazine rings is 1. The van der Waals surface area contributed by atoms with Gasteiger partial charge in [0.05, 0.1) is 16.8 Å². The summed E-state index contributed by atoms with van der Waals surface area (Å²) in [6.07, 6.45) is 2.49. The lowest BCUT2D eigenvalue weighted by molar-refractivity contribution is 0.0936. The number of carbonyl (C=O) groups excluding carboxylic acids is 2. The molecule has 6 N–H and O–H groups in total. The van der Waals surface area contributed by atoms with Crippen LogP contribution in [-0.2, 0) is 0 Å². The van der Waals surface area contributed by atoms with Gasteiger partial charge in [-0.1, -0.05) is 41.9 Å². The van der Waals surface area contributed by atoms with Crippen LogP contribution in [-0.4, -0.2) is 89.4 Å². The first-order valence-electron chi connectivity index (χ1n) is 14.5. The number of aromatic nitrogens is 3. The van der Waals surface area contributed by atoms with Crippen molar-refractivity contribution in [1.29, 1.82) is 0 Å². The van der Waals surface area contributed by atoms with Crippen molar-refractivity contribution >= 4 is 46.1 Å². The van der Waals surface area contributed by atoms with Crippen molar-refractivity contribution < 1.29 is 9.59 Å². The molecule has 2 aromatic heterocycles. The van der Waals surface area contributed by atoms with E-state index in [1.54, 1.807) is 12.3 Å². The molecule has 2 amide bonds. The van der Waals surface area contributed by atoms with Crippen LogP contribution in [0.3, 0.4) is 0 Å². The number of carbonyl (C=O) groups is 2. The van der Waals surface area contributed by atoms with Crippen molar-refractivity contribution in [3.05, 3.63) is 92.9 Å². The maximum absolute atomic E-state index is 13.1. The molecule has 230 valence electrons. The van der Waals surface area contributed by atoms with E-state index in [-0.39, 0.29) is 34.3 Å². The molecule has 12 nitrogen and oxygen atoms in total. The summed E-state index contributed by atoms with van der Waals surface area (Å²) in [6, 6.07) is 14.9. The molecular formula is C31H36ClN9O3. The monoisotopic (exact) mass is 617 g/mol. The van der Waals surface area contributed by atoms with Gasteiger partial charge >= 0.3 is 0 Å². The van der Waals surface area contributed by atoms with E-state index in [2.05, 4.69) is 47.7 Å². The molecule has 44 heavy (non-hydrogen) atoms. The van der Waals surface area contributed by atoms with E-state index in [0.717, 1.165) is 44.7 Å². The Morgan fingerprint density at radius 1 is 1.07 bits per heavy atom. The molecule has 0 bridgehead atoms. The highest BCUT2D eigenvalue weighted by molar-refractivity contribution is 6.34. The molecule has 1 aliphatic heterocycles. The van der Waals surface area contributed by atoms with Crippen LogP contribution in [0.15, 0.2) is 65.6 Å². The summed E-state index contributed by atoms with van der Waals surface area (Å²) in [5.74, 6) is -0.682. The van der Waals surface area contributed by atoms with Crippen molar-refractivity contribution in [2.75, 3.05) is 63.5 Å². The molecule has 5 rings (SSSR count). The first-order valence-corrected chi connectivity index (χ1v) is 14.9. The van der Waals surface area contributed by atoms with Gasteiger partial charge in [-0.25, -0.2) is 4.98 Å². The number of likely N-dealkylation sites (N-methyl/N-ethyl adjacent to an activating group) is 1. The molecule has 0 saturated carbocycles. The number of hydrogen-bond acceptors (Lipinski definition) is 9. The van der Waals surface area contributed by atoms with Crippen molar-refractivity contribution in [3.8, 4) is 0 Å². The first kappa shape index (κ1) is 31.1. The van der Waals surface area contributed by atoms with E-state index in [4.69, 9.17) is 17.3 Å². The molecule has 2 aromatic carbocycles. The number of pyridine rings is 1. The molecular weight excluding hydrogens is 582 g/mol. The Bertz CT molecular complexity index is 1670. The minimum Gasteiger partial charge on any atom is -0.354 e. The van der Waals surface area contributed by atoms with Crippen LogP contribution in [0, 0.1) is 0 Å². The number of nitrogens with two attached hydrogens (primary N) is 1. The van der Waals surface area contributed by atoms with Gasteiger partial charge in [-0.05, 0) is 49.8 Å². The number of rotatable bonds is 11. The molecule has 0 spiro atoms. The van der Waals surface area contributed by atoms with Crippen molar-refractivity contribution in [2.24, 2.45) is 5.73 Å². The fourth-order valence-electron chi connectivity index (χ4n) is 4.98. The Balaban J connectivity index is 1.22. The lowest BCUT2D eigenvalue weighted by Gasteiger charge is -2.32. The third kappa shape index (κ3) is 7.77. The van der Waals surface area contributed by atoms with Gasteiger partial charge in [0.2, 0.25) is 5.95 Å². The van der Waals surface area contributed by atoms with E-state index in [1.807, 2.05) is 30.3 Å². The molecule has 4 aromatic rings. The summed E-state index contributed by atoms with van der Waals surface area (Å²) < 4.78 is 0. The highest BCUT2D eigenvalue weighted by Gasteiger charge is 2.19. The summed E-state index contributed by atoms with van der Waals surface area (Å²) in [5, 5.41) is 9.45. The minimum atomic E-state index is -0.692. The largest absolute Gasteiger partial charge is 0.354 e. The third-order valence-electron chi connectivity index (χ3n) is 7.59.